The molecule has 3 aromatic heterocycles. The average molecular weight is 296 g/mol. The minimum atomic E-state index is 0.541. The van der Waals surface area contributed by atoms with E-state index in [1.807, 2.05) is 11.4 Å². The molecular formula is C9H6BrN5S. The van der Waals surface area contributed by atoms with Crippen molar-refractivity contribution in [3.8, 4) is 10.8 Å². The van der Waals surface area contributed by atoms with Gasteiger partial charge < -0.3 is 5.73 Å². The number of pyridine rings is 1. The fourth-order valence-corrected chi connectivity index (χ4v) is 2.40. The van der Waals surface area contributed by atoms with Crippen LogP contribution < -0.4 is 5.73 Å². The van der Waals surface area contributed by atoms with Gasteiger partial charge in [0.1, 0.15) is 5.82 Å². The Labute approximate surface area is 103 Å². The van der Waals surface area contributed by atoms with Gasteiger partial charge in [0, 0.05) is 16.0 Å². The largest absolute Gasteiger partial charge is 0.384 e. The Balaban J connectivity index is 2.27. The second-order valence-electron chi connectivity index (χ2n) is 3.14. The van der Waals surface area contributed by atoms with Crippen molar-refractivity contribution in [2.45, 2.75) is 0 Å². The summed E-state index contributed by atoms with van der Waals surface area (Å²) >= 11 is 4.87. The van der Waals surface area contributed by atoms with Gasteiger partial charge in [0.25, 0.3) is 0 Å². The lowest BCUT2D eigenvalue weighted by atomic mass is 10.4. The van der Waals surface area contributed by atoms with Crippen LogP contribution in [0.1, 0.15) is 0 Å². The second kappa shape index (κ2) is 3.53. The van der Waals surface area contributed by atoms with E-state index < -0.39 is 0 Å². The number of rotatable bonds is 1. The molecule has 0 atom stereocenters. The monoisotopic (exact) mass is 295 g/mol. The molecule has 5 nitrogen and oxygen atoms in total. The third-order valence-electron chi connectivity index (χ3n) is 2.05. The molecule has 0 unspecified atom stereocenters. The summed E-state index contributed by atoms with van der Waals surface area (Å²) in [5, 5.41) is 6.98. The third-order valence-corrected chi connectivity index (χ3v) is 3.28. The summed E-state index contributed by atoms with van der Waals surface area (Å²) in [7, 11) is 0. The van der Waals surface area contributed by atoms with E-state index in [1.165, 1.54) is 11.3 Å². The summed E-state index contributed by atoms with van der Waals surface area (Å²) in [6.45, 7) is 0. The fraction of sp³-hybridized carbons (Fsp3) is 0. The maximum atomic E-state index is 5.84. The number of anilines is 1. The van der Waals surface area contributed by atoms with Crippen LogP contribution in [0, 0.1) is 0 Å². The summed E-state index contributed by atoms with van der Waals surface area (Å²) in [5.74, 6) is 1.14. The van der Waals surface area contributed by atoms with Gasteiger partial charge in [-0.3, -0.25) is 0 Å². The van der Waals surface area contributed by atoms with Crippen LogP contribution in [0.15, 0.2) is 28.2 Å². The van der Waals surface area contributed by atoms with Gasteiger partial charge in [-0.05, 0) is 12.1 Å². The van der Waals surface area contributed by atoms with Crippen LogP contribution in [0.2, 0.25) is 0 Å². The number of fused-ring (bicyclic) bond motifs is 1. The number of halogens is 1. The molecule has 0 radical (unpaired) electrons. The SMILES string of the molecule is Nc1cc(Br)cc2nc(-c3nccs3)nn12. The van der Waals surface area contributed by atoms with Gasteiger partial charge in [-0.2, -0.15) is 4.52 Å². The number of hydrogen-bond donors (Lipinski definition) is 1. The first-order chi connectivity index (χ1) is 7.74. The fourth-order valence-electron chi connectivity index (χ4n) is 1.40. The summed E-state index contributed by atoms with van der Waals surface area (Å²) in [5.41, 5.74) is 6.54. The normalized spacial score (nSPS) is 11.1. The van der Waals surface area contributed by atoms with Crippen LogP contribution in [0.5, 0.6) is 0 Å². The Bertz CT molecular complexity index is 645. The highest BCUT2D eigenvalue weighted by atomic mass is 79.9. The zero-order chi connectivity index (χ0) is 11.1. The molecule has 0 bridgehead atoms. The van der Waals surface area contributed by atoms with Crippen LogP contribution in [0.3, 0.4) is 0 Å². The molecule has 0 aliphatic heterocycles. The molecule has 7 heteroatoms. The lowest BCUT2D eigenvalue weighted by Crippen LogP contribution is -1.97. The van der Waals surface area contributed by atoms with Crippen molar-refractivity contribution in [3.05, 3.63) is 28.2 Å². The van der Waals surface area contributed by atoms with Crippen LogP contribution in [-0.4, -0.2) is 19.6 Å². The van der Waals surface area contributed by atoms with Crippen molar-refractivity contribution < 1.29 is 0 Å². The van der Waals surface area contributed by atoms with E-state index in [2.05, 4.69) is 31.0 Å². The first-order valence-electron chi connectivity index (χ1n) is 4.46. The number of aromatic nitrogens is 4. The molecule has 0 saturated carbocycles. The van der Waals surface area contributed by atoms with Crippen molar-refractivity contribution >= 4 is 38.7 Å². The van der Waals surface area contributed by atoms with Crippen LogP contribution in [0.4, 0.5) is 5.82 Å². The van der Waals surface area contributed by atoms with Gasteiger partial charge in [-0.1, -0.05) is 15.9 Å². The summed E-state index contributed by atoms with van der Waals surface area (Å²) in [4.78, 5) is 8.53. The molecule has 0 amide bonds. The predicted octanol–water partition coefficient (Wildman–Crippen LogP) is 2.20. The van der Waals surface area contributed by atoms with E-state index in [1.54, 1.807) is 16.8 Å². The average Bonchev–Trinajstić information content (AvgIpc) is 2.82. The number of nitrogens with two attached hydrogens (primary N) is 1. The number of nitrogens with zero attached hydrogens (tertiary/aromatic N) is 4. The van der Waals surface area contributed by atoms with Gasteiger partial charge in [-0.25, -0.2) is 9.97 Å². The summed E-state index contributed by atoms with van der Waals surface area (Å²) in [6.07, 6.45) is 1.73. The van der Waals surface area contributed by atoms with Gasteiger partial charge in [-0.15, -0.1) is 16.4 Å². The molecule has 2 N–H and O–H groups in total. The van der Waals surface area contributed by atoms with Crippen LogP contribution in [0.25, 0.3) is 16.5 Å². The van der Waals surface area contributed by atoms with Crippen LogP contribution in [-0.2, 0) is 0 Å². The minimum Gasteiger partial charge on any atom is -0.384 e. The Morgan fingerprint density at radius 1 is 1.38 bits per heavy atom. The van der Waals surface area contributed by atoms with Crippen molar-refractivity contribution in [2.24, 2.45) is 0 Å². The Morgan fingerprint density at radius 2 is 2.25 bits per heavy atom. The quantitative estimate of drug-likeness (QED) is 0.747. The standard InChI is InChI=1S/C9H6BrN5S/c10-5-3-6(11)15-7(4-5)13-8(14-15)9-12-1-2-16-9/h1-4H,11H2. The molecule has 0 aliphatic carbocycles. The Morgan fingerprint density at radius 3 is 3.00 bits per heavy atom. The molecule has 3 rings (SSSR count). The van der Waals surface area contributed by atoms with E-state index in [4.69, 9.17) is 5.73 Å². The van der Waals surface area contributed by atoms with E-state index >= 15 is 0 Å². The van der Waals surface area contributed by atoms with Gasteiger partial charge in [0.15, 0.2) is 10.7 Å². The highest BCUT2D eigenvalue weighted by Crippen LogP contribution is 2.22. The number of thiazole rings is 1. The summed E-state index contributed by atoms with van der Waals surface area (Å²) < 4.78 is 2.48. The molecule has 0 aromatic carbocycles. The highest BCUT2D eigenvalue weighted by Gasteiger charge is 2.10. The molecule has 0 aliphatic rings. The first kappa shape index (κ1) is 9.73. The number of nitrogen functional groups attached to an aromatic ring is 1. The van der Waals surface area contributed by atoms with Gasteiger partial charge in [0.05, 0.1) is 0 Å². The van der Waals surface area contributed by atoms with E-state index in [-0.39, 0.29) is 0 Å². The highest BCUT2D eigenvalue weighted by molar-refractivity contribution is 9.10. The summed E-state index contributed by atoms with van der Waals surface area (Å²) in [6, 6.07) is 3.65. The minimum absolute atomic E-state index is 0.541. The zero-order valence-corrected chi connectivity index (χ0v) is 10.4. The smallest absolute Gasteiger partial charge is 0.211 e. The predicted molar refractivity (Wildman–Crippen MR) is 66.2 cm³/mol. The maximum Gasteiger partial charge on any atom is 0.211 e. The van der Waals surface area contributed by atoms with E-state index in [9.17, 15) is 0 Å². The molecule has 16 heavy (non-hydrogen) atoms. The topological polar surface area (TPSA) is 69.1 Å². The second-order valence-corrected chi connectivity index (χ2v) is 4.95. The third kappa shape index (κ3) is 1.48. The molecule has 0 saturated heterocycles. The van der Waals surface area contributed by atoms with E-state index in [0.29, 0.717) is 17.3 Å². The molecule has 3 aromatic rings. The van der Waals surface area contributed by atoms with Gasteiger partial charge >= 0.3 is 0 Å². The maximum absolute atomic E-state index is 5.84. The van der Waals surface area contributed by atoms with Gasteiger partial charge in [0.2, 0.25) is 5.82 Å². The Hall–Kier alpha value is -1.47. The molecular weight excluding hydrogens is 290 g/mol. The number of hydrogen-bond acceptors (Lipinski definition) is 5. The van der Waals surface area contributed by atoms with Crippen molar-refractivity contribution in [3.63, 3.8) is 0 Å². The zero-order valence-electron chi connectivity index (χ0n) is 7.96. The van der Waals surface area contributed by atoms with Crippen molar-refractivity contribution in [2.75, 3.05) is 5.73 Å². The van der Waals surface area contributed by atoms with Crippen molar-refractivity contribution in [1.29, 1.82) is 0 Å². The van der Waals surface area contributed by atoms with Crippen molar-refractivity contribution in [1.82, 2.24) is 19.6 Å². The van der Waals surface area contributed by atoms with E-state index in [0.717, 1.165) is 9.48 Å². The van der Waals surface area contributed by atoms with Crippen LogP contribution >= 0.6 is 27.3 Å². The lowest BCUT2D eigenvalue weighted by Gasteiger charge is -1.97. The molecule has 0 fully saturated rings. The molecule has 3 heterocycles. The lowest BCUT2D eigenvalue weighted by molar-refractivity contribution is 0.975. The molecule has 0 spiro atoms. The first-order valence-corrected chi connectivity index (χ1v) is 6.13. The Kier molecular flexibility index (Phi) is 2.15. The molecule has 80 valence electrons.